The van der Waals surface area contributed by atoms with Crippen molar-refractivity contribution in [2.24, 2.45) is 10.8 Å². The van der Waals surface area contributed by atoms with E-state index in [2.05, 4.69) is 20.8 Å². The number of nitrogens with zero attached hydrogens (tertiary/aromatic N) is 2. The van der Waals surface area contributed by atoms with Gasteiger partial charge in [-0.2, -0.15) is 0 Å². The summed E-state index contributed by atoms with van der Waals surface area (Å²) in [4.78, 5) is 27.6. The van der Waals surface area contributed by atoms with Crippen molar-refractivity contribution in [1.29, 1.82) is 0 Å². The van der Waals surface area contributed by atoms with Crippen molar-refractivity contribution in [2.45, 2.75) is 41.5 Å². The summed E-state index contributed by atoms with van der Waals surface area (Å²) in [6, 6.07) is -0.244. The van der Waals surface area contributed by atoms with Gasteiger partial charge in [-0.3, -0.25) is 9.69 Å². The van der Waals surface area contributed by atoms with Crippen LogP contribution in [0.3, 0.4) is 0 Å². The molecule has 0 aromatic rings. The van der Waals surface area contributed by atoms with Gasteiger partial charge in [0, 0.05) is 26.2 Å². The number of carbonyl (C=O) groups is 2. The number of likely N-dealkylation sites (N-methyl/N-ethyl adjacent to an activating group) is 2. The summed E-state index contributed by atoms with van der Waals surface area (Å²) >= 11 is 0. The Morgan fingerprint density at radius 3 is 1.74 bits per heavy atom. The predicted molar refractivity (Wildman–Crippen MR) is 76.7 cm³/mol. The Morgan fingerprint density at radius 1 is 0.895 bits per heavy atom. The maximum atomic E-state index is 12.6. The molecule has 0 N–H and O–H groups in total. The van der Waals surface area contributed by atoms with Crippen LogP contribution in [0.4, 0.5) is 4.79 Å². The third-order valence-corrected chi connectivity index (χ3v) is 3.48. The molecular weight excluding hydrogens is 240 g/mol. The van der Waals surface area contributed by atoms with Gasteiger partial charge in [-0.15, -0.1) is 0 Å². The fraction of sp³-hybridized carbons (Fsp3) is 0.733. The quantitative estimate of drug-likeness (QED) is 0.676. The molecule has 0 saturated heterocycles. The minimum Gasteiger partial charge on any atom is -0.323 e. The van der Waals surface area contributed by atoms with Crippen LogP contribution in [-0.2, 0) is 4.79 Å². The maximum Gasteiger partial charge on any atom is 0.326 e. The van der Waals surface area contributed by atoms with Gasteiger partial charge in [-0.1, -0.05) is 41.5 Å². The largest absolute Gasteiger partial charge is 0.326 e. The molecule has 1 aliphatic heterocycles. The molecule has 108 valence electrons. The first-order valence-corrected chi connectivity index (χ1v) is 6.64. The van der Waals surface area contributed by atoms with E-state index in [9.17, 15) is 9.59 Å². The van der Waals surface area contributed by atoms with Crippen molar-refractivity contribution in [3.63, 3.8) is 0 Å². The van der Waals surface area contributed by atoms with Crippen LogP contribution in [0.2, 0.25) is 0 Å². The number of carbonyl (C=O) groups excluding carboxylic acids is 2. The minimum atomic E-state index is -0.278. The summed E-state index contributed by atoms with van der Waals surface area (Å²) in [6.07, 6.45) is 0. The molecular formula is C15H26N2O2. The van der Waals surface area contributed by atoms with Gasteiger partial charge in [0.25, 0.3) is 5.91 Å². The fourth-order valence-corrected chi connectivity index (χ4v) is 2.41. The molecule has 19 heavy (non-hydrogen) atoms. The lowest BCUT2D eigenvalue weighted by Crippen LogP contribution is -2.41. The van der Waals surface area contributed by atoms with Crippen molar-refractivity contribution in [3.8, 4) is 0 Å². The Labute approximate surface area is 116 Å². The first-order chi connectivity index (χ1) is 8.37. The van der Waals surface area contributed by atoms with E-state index in [-0.39, 0.29) is 22.8 Å². The molecule has 4 nitrogen and oxygen atoms in total. The van der Waals surface area contributed by atoms with E-state index in [0.29, 0.717) is 6.54 Å². The molecule has 0 bridgehead atoms. The number of urea groups is 1. The van der Waals surface area contributed by atoms with Crippen LogP contribution < -0.4 is 0 Å². The van der Waals surface area contributed by atoms with Crippen LogP contribution in [0.1, 0.15) is 41.5 Å². The molecule has 0 aromatic carbocycles. The van der Waals surface area contributed by atoms with Gasteiger partial charge >= 0.3 is 6.03 Å². The van der Waals surface area contributed by atoms with Crippen LogP contribution in [-0.4, -0.2) is 42.4 Å². The van der Waals surface area contributed by atoms with E-state index in [1.807, 2.05) is 20.8 Å². The van der Waals surface area contributed by atoms with Crippen molar-refractivity contribution in [3.05, 3.63) is 11.1 Å². The maximum absolute atomic E-state index is 12.6. The van der Waals surface area contributed by atoms with E-state index in [1.54, 1.807) is 19.0 Å². The molecule has 1 rings (SSSR count). The van der Waals surface area contributed by atoms with E-state index in [0.717, 1.165) is 11.1 Å². The molecule has 0 aliphatic carbocycles. The lowest BCUT2D eigenvalue weighted by atomic mass is 9.74. The summed E-state index contributed by atoms with van der Waals surface area (Å²) in [6.45, 7) is 12.8. The number of hydrogen-bond donors (Lipinski definition) is 0. The highest BCUT2D eigenvalue weighted by molar-refractivity contribution is 6.05. The number of rotatable bonds is 0. The molecule has 3 amide bonds. The van der Waals surface area contributed by atoms with Gasteiger partial charge in [-0.25, -0.2) is 4.79 Å². The van der Waals surface area contributed by atoms with Crippen molar-refractivity contribution in [1.82, 2.24) is 9.80 Å². The zero-order chi connectivity index (χ0) is 15.2. The van der Waals surface area contributed by atoms with E-state index in [4.69, 9.17) is 0 Å². The Hall–Kier alpha value is -1.32. The molecule has 0 spiro atoms. The summed E-state index contributed by atoms with van der Waals surface area (Å²) in [7, 11) is 3.29. The van der Waals surface area contributed by atoms with Crippen LogP contribution in [0, 0.1) is 10.8 Å². The standard InChI is InChI=1S/C15H26N2O2/c1-14(2,3)10-9-16(7)13(19)17(8)12(18)11(10)15(4,5)6/h9H2,1-8H3. The van der Waals surface area contributed by atoms with Crippen LogP contribution in [0.25, 0.3) is 0 Å². The highest BCUT2D eigenvalue weighted by Crippen LogP contribution is 2.39. The molecule has 0 unspecified atom stereocenters. The molecule has 0 fully saturated rings. The Balaban J connectivity index is 3.56. The van der Waals surface area contributed by atoms with Gasteiger partial charge in [0.15, 0.2) is 0 Å². The van der Waals surface area contributed by atoms with E-state index < -0.39 is 0 Å². The molecule has 0 radical (unpaired) electrons. The van der Waals surface area contributed by atoms with Crippen LogP contribution in [0.15, 0.2) is 11.1 Å². The lowest BCUT2D eigenvalue weighted by Gasteiger charge is -2.32. The fourth-order valence-electron chi connectivity index (χ4n) is 2.41. The highest BCUT2D eigenvalue weighted by Gasteiger charge is 2.39. The number of hydrogen-bond acceptors (Lipinski definition) is 2. The Morgan fingerprint density at radius 2 is 1.37 bits per heavy atom. The summed E-state index contributed by atoms with van der Waals surface area (Å²) in [5, 5.41) is 0. The summed E-state index contributed by atoms with van der Waals surface area (Å²) in [5.74, 6) is -0.174. The summed E-state index contributed by atoms with van der Waals surface area (Å²) < 4.78 is 0. The molecule has 0 aromatic heterocycles. The van der Waals surface area contributed by atoms with Crippen molar-refractivity contribution in [2.75, 3.05) is 20.6 Å². The third kappa shape index (κ3) is 2.99. The van der Waals surface area contributed by atoms with E-state index >= 15 is 0 Å². The Kier molecular flexibility index (Phi) is 3.86. The zero-order valence-corrected chi connectivity index (χ0v) is 13.4. The topological polar surface area (TPSA) is 40.6 Å². The monoisotopic (exact) mass is 266 g/mol. The Bertz CT molecular complexity index is 436. The smallest absolute Gasteiger partial charge is 0.323 e. The normalized spacial score (nSPS) is 19.2. The third-order valence-electron chi connectivity index (χ3n) is 3.48. The van der Waals surface area contributed by atoms with Gasteiger partial charge in [-0.05, 0) is 16.4 Å². The first-order valence-electron chi connectivity index (χ1n) is 6.64. The minimum absolute atomic E-state index is 0.141. The molecule has 4 heteroatoms. The average Bonchev–Trinajstić information content (AvgIpc) is 2.29. The van der Waals surface area contributed by atoms with Gasteiger partial charge in [0.2, 0.25) is 0 Å². The molecule has 1 heterocycles. The lowest BCUT2D eigenvalue weighted by molar-refractivity contribution is -0.124. The van der Waals surface area contributed by atoms with Crippen molar-refractivity contribution < 1.29 is 9.59 Å². The van der Waals surface area contributed by atoms with Crippen LogP contribution in [0.5, 0.6) is 0 Å². The van der Waals surface area contributed by atoms with Gasteiger partial charge in [0.1, 0.15) is 0 Å². The number of imide groups is 1. The second-order valence-corrected chi connectivity index (χ2v) is 7.36. The van der Waals surface area contributed by atoms with Crippen molar-refractivity contribution >= 4 is 11.9 Å². The predicted octanol–water partition coefficient (Wildman–Crippen LogP) is 2.90. The first kappa shape index (κ1) is 15.7. The molecule has 0 saturated carbocycles. The summed E-state index contributed by atoms with van der Waals surface area (Å²) in [5.41, 5.74) is 1.39. The second-order valence-electron chi connectivity index (χ2n) is 7.36. The van der Waals surface area contributed by atoms with Crippen LogP contribution >= 0.6 is 0 Å². The highest BCUT2D eigenvalue weighted by atomic mass is 16.2. The average molecular weight is 266 g/mol. The SMILES string of the molecule is CN1CC(C(C)(C)C)=C(C(C)(C)C)C(=O)N(C)C1=O. The van der Waals surface area contributed by atoms with Gasteiger partial charge in [0.05, 0.1) is 0 Å². The molecule has 1 aliphatic rings. The van der Waals surface area contributed by atoms with E-state index in [1.165, 1.54) is 4.90 Å². The second kappa shape index (κ2) is 4.66. The number of amides is 3. The zero-order valence-electron chi connectivity index (χ0n) is 13.4. The van der Waals surface area contributed by atoms with Gasteiger partial charge < -0.3 is 4.90 Å². The molecule has 0 atom stereocenters.